The van der Waals surface area contributed by atoms with E-state index in [0.717, 1.165) is 41.3 Å². The number of esters is 1. The Morgan fingerprint density at radius 1 is 1.13 bits per heavy atom. The number of hydrogen-bond acceptors (Lipinski definition) is 5. The van der Waals surface area contributed by atoms with Gasteiger partial charge in [-0.1, -0.05) is 19.1 Å². The number of carbonyl (C=O) groups is 1. The smallest absolute Gasteiger partial charge is 0.341 e. The minimum Gasteiger partial charge on any atom is -0.462 e. The summed E-state index contributed by atoms with van der Waals surface area (Å²) in [6, 6.07) is 10.2. The number of aromatic nitrogens is 5. The molecule has 0 aliphatic heterocycles. The van der Waals surface area contributed by atoms with Crippen molar-refractivity contribution in [3.05, 3.63) is 76.5 Å². The van der Waals surface area contributed by atoms with Crippen LogP contribution in [0.15, 0.2) is 42.7 Å². The van der Waals surface area contributed by atoms with Crippen molar-refractivity contribution in [2.45, 2.75) is 40.5 Å². The second-order valence-corrected chi connectivity index (χ2v) is 7.29. The number of fused-ring (bicyclic) bond motifs is 1. The molecule has 0 aliphatic carbocycles. The summed E-state index contributed by atoms with van der Waals surface area (Å²) in [5.41, 5.74) is 7.75. The van der Waals surface area contributed by atoms with E-state index in [1.54, 1.807) is 17.8 Å². The zero-order valence-corrected chi connectivity index (χ0v) is 17.7. The predicted molar refractivity (Wildman–Crippen MR) is 114 cm³/mol. The van der Waals surface area contributed by atoms with Crippen molar-refractivity contribution in [1.82, 2.24) is 24.4 Å². The van der Waals surface area contributed by atoms with Gasteiger partial charge in [-0.3, -0.25) is 0 Å². The summed E-state index contributed by atoms with van der Waals surface area (Å²) in [6.07, 6.45) is 4.83. The van der Waals surface area contributed by atoms with E-state index >= 15 is 0 Å². The summed E-state index contributed by atoms with van der Waals surface area (Å²) >= 11 is 0. The summed E-state index contributed by atoms with van der Waals surface area (Å²) in [6.45, 7) is 8.32. The first-order valence-corrected chi connectivity index (χ1v) is 10.2. The Kier molecular flexibility index (Phi) is 5.35. The minimum absolute atomic E-state index is 0.343. The van der Waals surface area contributed by atoms with Crippen molar-refractivity contribution in [2.75, 3.05) is 6.61 Å². The lowest BCUT2D eigenvalue weighted by atomic mass is 10.0. The highest BCUT2D eigenvalue weighted by Gasteiger charge is 2.15. The maximum absolute atomic E-state index is 11.8. The molecule has 0 aliphatic rings. The van der Waals surface area contributed by atoms with Crippen LogP contribution in [-0.4, -0.2) is 37.0 Å². The molecule has 4 aromatic rings. The Bertz CT molecular complexity index is 1200. The molecule has 0 saturated carbocycles. The van der Waals surface area contributed by atoms with Gasteiger partial charge in [0.15, 0.2) is 5.65 Å². The molecule has 30 heavy (non-hydrogen) atoms. The van der Waals surface area contributed by atoms with Crippen LogP contribution in [0.25, 0.3) is 11.3 Å². The van der Waals surface area contributed by atoms with Crippen LogP contribution in [0.4, 0.5) is 0 Å². The maximum Gasteiger partial charge on any atom is 0.341 e. The first-order valence-electron chi connectivity index (χ1n) is 10.2. The molecule has 7 nitrogen and oxygen atoms in total. The predicted octanol–water partition coefficient (Wildman–Crippen LogP) is 3.86. The molecule has 0 N–H and O–H groups in total. The van der Waals surface area contributed by atoms with Crippen LogP contribution in [0.2, 0.25) is 0 Å². The highest BCUT2D eigenvalue weighted by Crippen LogP contribution is 2.22. The SMILES string of the molecule is CCOC(=O)c1cnn(-c2ccc(Cc3c(CC)nn4c(C)cc(C)nc34)cc2)c1. The molecule has 0 radical (unpaired) electrons. The van der Waals surface area contributed by atoms with Gasteiger partial charge < -0.3 is 4.74 Å². The topological polar surface area (TPSA) is 74.3 Å². The number of benzene rings is 1. The number of carbonyl (C=O) groups excluding carboxylic acids is 1. The Balaban J connectivity index is 1.61. The molecule has 1 aromatic carbocycles. The van der Waals surface area contributed by atoms with E-state index in [0.29, 0.717) is 12.2 Å². The first kappa shape index (κ1) is 19.8. The molecular formula is C23H25N5O2. The van der Waals surface area contributed by atoms with Crippen molar-refractivity contribution < 1.29 is 9.53 Å². The van der Waals surface area contributed by atoms with Crippen molar-refractivity contribution in [3.63, 3.8) is 0 Å². The third-order valence-electron chi connectivity index (χ3n) is 5.08. The molecule has 0 atom stereocenters. The Morgan fingerprint density at radius 2 is 1.90 bits per heavy atom. The van der Waals surface area contributed by atoms with Crippen LogP contribution in [0, 0.1) is 13.8 Å². The lowest BCUT2D eigenvalue weighted by Gasteiger charge is -2.06. The van der Waals surface area contributed by atoms with E-state index in [-0.39, 0.29) is 5.97 Å². The van der Waals surface area contributed by atoms with E-state index < -0.39 is 0 Å². The van der Waals surface area contributed by atoms with Gasteiger partial charge in [-0.2, -0.15) is 10.2 Å². The fourth-order valence-corrected chi connectivity index (χ4v) is 3.63. The van der Waals surface area contributed by atoms with Gasteiger partial charge in [0.2, 0.25) is 0 Å². The largest absolute Gasteiger partial charge is 0.462 e. The highest BCUT2D eigenvalue weighted by atomic mass is 16.5. The fraction of sp³-hybridized carbons (Fsp3) is 0.304. The summed E-state index contributed by atoms with van der Waals surface area (Å²) < 4.78 is 8.64. The second-order valence-electron chi connectivity index (χ2n) is 7.29. The third-order valence-corrected chi connectivity index (χ3v) is 5.08. The monoisotopic (exact) mass is 403 g/mol. The van der Waals surface area contributed by atoms with Crippen LogP contribution in [-0.2, 0) is 17.6 Å². The van der Waals surface area contributed by atoms with E-state index in [1.165, 1.54) is 17.3 Å². The van der Waals surface area contributed by atoms with Crippen LogP contribution in [0.1, 0.15) is 52.4 Å². The Labute approximate surface area is 175 Å². The molecule has 4 rings (SSSR count). The van der Waals surface area contributed by atoms with Gasteiger partial charge in [0, 0.05) is 29.6 Å². The lowest BCUT2D eigenvalue weighted by Crippen LogP contribution is -2.03. The summed E-state index contributed by atoms with van der Waals surface area (Å²) in [4.78, 5) is 16.6. The molecule has 0 bridgehead atoms. The molecule has 7 heteroatoms. The van der Waals surface area contributed by atoms with Crippen LogP contribution >= 0.6 is 0 Å². The first-order chi connectivity index (χ1) is 14.5. The molecule has 0 unspecified atom stereocenters. The fourth-order valence-electron chi connectivity index (χ4n) is 3.63. The number of hydrogen-bond donors (Lipinski definition) is 0. The van der Waals surface area contributed by atoms with Crippen LogP contribution in [0.5, 0.6) is 0 Å². The summed E-state index contributed by atoms with van der Waals surface area (Å²) in [5.74, 6) is -0.362. The number of rotatable bonds is 6. The molecule has 154 valence electrons. The quantitative estimate of drug-likeness (QED) is 0.457. The standard InChI is InChI=1S/C23H25N5O2/c1-5-21-20(22-25-15(3)11-16(4)28(22)26-21)12-17-7-9-19(10-8-17)27-14-18(13-24-27)23(29)30-6-2/h7-11,13-14H,5-6,12H2,1-4H3. The average molecular weight is 403 g/mol. The van der Waals surface area contributed by atoms with Crippen LogP contribution in [0.3, 0.4) is 0 Å². The van der Waals surface area contributed by atoms with Crippen molar-refractivity contribution in [1.29, 1.82) is 0 Å². The summed E-state index contributed by atoms with van der Waals surface area (Å²) in [7, 11) is 0. The van der Waals surface area contributed by atoms with E-state index in [9.17, 15) is 4.79 Å². The zero-order chi connectivity index (χ0) is 21.3. The highest BCUT2D eigenvalue weighted by molar-refractivity contribution is 5.88. The van der Waals surface area contributed by atoms with Gasteiger partial charge in [-0.05, 0) is 51.0 Å². The Hall–Kier alpha value is -3.48. The van der Waals surface area contributed by atoms with Crippen molar-refractivity contribution >= 4 is 11.6 Å². The number of nitrogens with zero attached hydrogens (tertiary/aromatic N) is 5. The summed E-state index contributed by atoms with van der Waals surface area (Å²) in [5, 5.41) is 9.04. The molecule has 0 fully saturated rings. The average Bonchev–Trinajstić information content (AvgIpc) is 3.35. The molecule has 3 aromatic heterocycles. The van der Waals surface area contributed by atoms with Gasteiger partial charge in [0.05, 0.1) is 29.7 Å². The van der Waals surface area contributed by atoms with E-state index in [1.807, 2.05) is 29.6 Å². The van der Waals surface area contributed by atoms with Gasteiger partial charge in [0.25, 0.3) is 0 Å². The van der Waals surface area contributed by atoms with Gasteiger partial charge >= 0.3 is 5.97 Å². The lowest BCUT2D eigenvalue weighted by molar-refractivity contribution is 0.0526. The molecule has 0 amide bonds. The third kappa shape index (κ3) is 3.70. The molecular weight excluding hydrogens is 378 g/mol. The van der Waals surface area contributed by atoms with Crippen molar-refractivity contribution in [2.24, 2.45) is 0 Å². The zero-order valence-electron chi connectivity index (χ0n) is 17.7. The number of ether oxygens (including phenoxy) is 1. The van der Waals surface area contributed by atoms with Gasteiger partial charge in [0.1, 0.15) is 0 Å². The normalized spacial score (nSPS) is 11.2. The number of aryl methyl sites for hydroxylation is 3. The van der Waals surface area contributed by atoms with E-state index in [2.05, 4.69) is 31.1 Å². The van der Waals surface area contributed by atoms with Crippen molar-refractivity contribution in [3.8, 4) is 5.69 Å². The van der Waals surface area contributed by atoms with E-state index in [4.69, 9.17) is 14.8 Å². The van der Waals surface area contributed by atoms with Gasteiger partial charge in [-0.25, -0.2) is 19.0 Å². The molecule has 0 saturated heterocycles. The minimum atomic E-state index is -0.362. The molecule has 3 heterocycles. The van der Waals surface area contributed by atoms with Gasteiger partial charge in [-0.15, -0.1) is 0 Å². The molecule has 0 spiro atoms. The second kappa shape index (κ2) is 8.10. The van der Waals surface area contributed by atoms with Crippen LogP contribution < -0.4 is 0 Å². The Morgan fingerprint density at radius 3 is 2.60 bits per heavy atom. The maximum atomic E-state index is 11.8.